The van der Waals surface area contributed by atoms with Gasteiger partial charge in [0, 0.05) is 19.2 Å². The van der Waals surface area contributed by atoms with Gasteiger partial charge >= 0.3 is 17.9 Å². The van der Waals surface area contributed by atoms with E-state index in [1.165, 1.54) is 39.1 Å². The second kappa shape index (κ2) is 14.9. The zero-order valence-corrected chi connectivity index (χ0v) is 24.1. The molecule has 222 valence electrons. The number of nitrogens with zero attached hydrogens (tertiary/aromatic N) is 1. The number of nitrogens with one attached hydrogen (secondary N) is 1. The number of aromatic nitrogens is 1. The third kappa shape index (κ3) is 8.56. The summed E-state index contributed by atoms with van der Waals surface area (Å²) in [6.45, 7) is 6.09. The number of carbonyl (C=O) groups is 4. The molecule has 11 heteroatoms. The second-order valence-electron chi connectivity index (χ2n) is 10.9. The van der Waals surface area contributed by atoms with Crippen LogP contribution in [0.5, 0.6) is 11.5 Å². The third-order valence-corrected chi connectivity index (χ3v) is 7.49. The van der Waals surface area contributed by atoms with Crippen LogP contribution in [0.4, 0.5) is 0 Å². The molecule has 11 nitrogen and oxygen atoms in total. The number of ether oxygens (including phenoxy) is 5. The van der Waals surface area contributed by atoms with Crippen LogP contribution in [0.25, 0.3) is 0 Å². The van der Waals surface area contributed by atoms with E-state index in [0.29, 0.717) is 18.8 Å². The Morgan fingerprint density at radius 3 is 2.50 bits per heavy atom. The normalized spacial score (nSPS) is 23.8. The van der Waals surface area contributed by atoms with Gasteiger partial charge in [-0.25, -0.2) is 9.78 Å². The molecule has 40 heavy (non-hydrogen) atoms. The number of esters is 3. The van der Waals surface area contributed by atoms with Gasteiger partial charge in [0.1, 0.15) is 18.2 Å². The fourth-order valence-corrected chi connectivity index (χ4v) is 5.39. The summed E-state index contributed by atoms with van der Waals surface area (Å²) < 4.78 is 27.3. The molecule has 2 fully saturated rings. The highest BCUT2D eigenvalue weighted by Gasteiger charge is 2.38. The van der Waals surface area contributed by atoms with Crippen LogP contribution in [-0.2, 0) is 28.6 Å². The molecule has 0 radical (unpaired) electrons. The number of carbonyl (C=O) groups excluding carboxylic acids is 4. The number of pyridine rings is 1. The van der Waals surface area contributed by atoms with Gasteiger partial charge in [-0.3, -0.25) is 14.4 Å². The highest BCUT2D eigenvalue weighted by Crippen LogP contribution is 2.36. The molecule has 2 aliphatic rings. The lowest BCUT2D eigenvalue weighted by molar-refractivity contribution is -0.174. The Morgan fingerprint density at radius 2 is 1.85 bits per heavy atom. The van der Waals surface area contributed by atoms with Crippen LogP contribution < -0.4 is 14.8 Å². The Hall–Kier alpha value is -3.37. The minimum Gasteiger partial charge on any atom is -0.493 e. The maximum atomic E-state index is 13.3. The van der Waals surface area contributed by atoms with E-state index in [1.807, 2.05) is 0 Å². The van der Waals surface area contributed by atoms with Crippen molar-refractivity contribution < 1.29 is 42.9 Å². The molecule has 0 aromatic carbocycles. The first kappa shape index (κ1) is 31.2. The van der Waals surface area contributed by atoms with E-state index in [-0.39, 0.29) is 35.0 Å². The molecule has 1 aliphatic heterocycles. The number of hydrogen-bond acceptors (Lipinski definition) is 10. The summed E-state index contributed by atoms with van der Waals surface area (Å²) in [5.41, 5.74) is -0.130. The van der Waals surface area contributed by atoms with E-state index >= 15 is 0 Å². The maximum absolute atomic E-state index is 13.3. The van der Waals surface area contributed by atoms with Gasteiger partial charge in [-0.05, 0) is 38.0 Å². The Labute approximate surface area is 235 Å². The Morgan fingerprint density at radius 1 is 1.12 bits per heavy atom. The molecule has 0 bridgehead atoms. The van der Waals surface area contributed by atoms with Crippen molar-refractivity contribution in [2.45, 2.75) is 97.3 Å². The second-order valence-corrected chi connectivity index (χ2v) is 10.9. The average Bonchev–Trinajstić information content (AvgIpc) is 3.43. The fourth-order valence-electron chi connectivity index (χ4n) is 5.39. The van der Waals surface area contributed by atoms with Gasteiger partial charge in [0.05, 0.1) is 13.0 Å². The van der Waals surface area contributed by atoms with E-state index < -0.39 is 42.9 Å². The molecule has 1 saturated carbocycles. The molecule has 1 N–H and O–H groups in total. The highest BCUT2D eigenvalue weighted by atomic mass is 16.7. The van der Waals surface area contributed by atoms with Crippen LogP contribution >= 0.6 is 0 Å². The van der Waals surface area contributed by atoms with Crippen molar-refractivity contribution in [1.29, 1.82) is 0 Å². The van der Waals surface area contributed by atoms with E-state index in [4.69, 9.17) is 23.7 Å². The van der Waals surface area contributed by atoms with Gasteiger partial charge in [-0.1, -0.05) is 46.0 Å². The number of rotatable bonds is 10. The summed E-state index contributed by atoms with van der Waals surface area (Å²) in [5.74, 6) is -1.66. The largest absolute Gasteiger partial charge is 0.493 e. The zero-order chi connectivity index (χ0) is 29.2. The molecular formula is C29H42N2O9. The van der Waals surface area contributed by atoms with Crippen LogP contribution in [0, 0.1) is 17.8 Å². The Balaban J connectivity index is 1.78. The van der Waals surface area contributed by atoms with Crippen molar-refractivity contribution in [2.24, 2.45) is 17.8 Å². The molecule has 1 amide bonds. The standard InChI is InChI=1S/C29H42N2O9/c1-17(2)28(34)40-25-18(3)39-29(35)22(12-8-11-21(25)15-20-9-6-7-10-20)31-27(33)24-26(38-16-37-19(4)32)23(36-5)13-14-30-24/h13-14,17-18,20-22,25H,6-12,15-16H2,1-5H3,(H,31,33). The average molecular weight is 563 g/mol. The van der Waals surface area contributed by atoms with E-state index in [2.05, 4.69) is 10.3 Å². The summed E-state index contributed by atoms with van der Waals surface area (Å²) in [6.07, 6.45) is 7.46. The quantitative estimate of drug-likeness (QED) is 0.253. The van der Waals surface area contributed by atoms with Crippen molar-refractivity contribution in [3.63, 3.8) is 0 Å². The van der Waals surface area contributed by atoms with E-state index in [0.717, 1.165) is 25.7 Å². The number of hydrogen-bond donors (Lipinski definition) is 1. The maximum Gasteiger partial charge on any atom is 0.329 e. The van der Waals surface area contributed by atoms with Gasteiger partial charge in [0.15, 0.2) is 17.2 Å². The summed E-state index contributed by atoms with van der Waals surface area (Å²) in [6, 6.07) is 0.551. The fraction of sp³-hybridized carbons (Fsp3) is 0.690. The molecule has 3 rings (SSSR count). The molecule has 1 aromatic rings. The zero-order valence-electron chi connectivity index (χ0n) is 24.1. The molecule has 4 unspecified atom stereocenters. The molecule has 4 atom stereocenters. The number of cyclic esters (lactones) is 1. The van der Waals surface area contributed by atoms with Crippen molar-refractivity contribution in [2.75, 3.05) is 13.9 Å². The van der Waals surface area contributed by atoms with Crippen molar-refractivity contribution in [1.82, 2.24) is 10.3 Å². The SMILES string of the molecule is COc1ccnc(C(=O)NC2CCCC(CC3CCCC3)C(OC(=O)C(C)C)C(C)OC2=O)c1OCOC(C)=O. The Bertz CT molecular complexity index is 1040. The van der Waals surface area contributed by atoms with Gasteiger partial charge in [-0.15, -0.1) is 0 Å². The van der Waals surface area contributed by atoms with Crippen LogP contribution in [-0.4, -0.2) is 61.0 Å². The van der Waals surface area contributed by atoms with Crippen LogP contribution in [0.1, 0.15) is 89.5 Å². The smallest absolute Gasteiger partial charge is 0.329 e. The highest BCUT2D eigenvalue weighted by molar-refractivity contribution is 5.98. The monoisotopic (exact) mass is 562 g/mol. The van der Waals surface area contributed by atoms with Crippen LogP contribution in [0.15, 0.2) is 12.3 Å². The van der Waals surface area contributed by atoms with E-state index in [9.17, 15) is 19.2 Å². The van der Waals surface area contributed by atoms with Crippen LogP contribution in [0.3, 0.4) is 0 Å². The number of methoxy groups -OCH3 is 1. The first-order valence-corrected chi connectivity index (χ1v) is 14.1. The molecule has 2 heterocycles. The summed E-state index contributed by atoms with van der Waals surface area (Å²) >= 11 is 0. The van der Waals surface area contributed by atoms with Gasteiger partial charge in [0.25, 0.3) is 5.91 Å². The molecule has 1 saturated heterocycles. The number of amides is 1. The van der Waals surface area contributed by atoms with Gasteiger partial charge in [-0.2, -0.15) is 0 Å². The minimum absolute atomic E-state index is 0.0224. The lowest BCUT2D eigenvalue weighted by atomic mass is 9.83. The lowest BCUT2D eigenvalue weighted by Gasteiger charge is -2.32. The first-order chi connectivity index (χ1) is 19.1. The summed E-state index contributed by atoms with van der Waals surface area (Å²) in [4.78, 5) is 54.4. The van der Waals surface area contributed by atoms with E-state index in [1.54, 1.807) is 20.8 Å². The lowest BCUT2D eigenvalue weighted by Crippen LogP contribution is -2.45. The summed E-state index contributed by atoms with van der Waals surface area (Å²) in [7, 11) is 1.40. The minimum atomic E-state index is -0.948. The molecule has 0 spiro atoms. The molecule has 1 aromatic heterocycles. The summed E-state index contributed by atoms with van der Waals surface area (Å²) in [5, 5.41) is 2.73. The first-order valence-electron chi connectivity index (χ1n) is 14.1. The van der Waals surface area contributed by atoms with Crippen molar-refractivity contribution in [3.8, 4) is 11.5 Å². The Kier molecular flexibility index (Phi) is 11.6. The predicted octanol–water partition coefficient (Wildman–Crippen LogP) is 3.97. The topological polar surface area (TPSA) is 139 Å². The van der Waals surface area contributed by atoms with Crippen LogP contribution in [0.2, 0.25) is 0 Å². The van der Waals surface area contributed by atoms with Crippen molar-refractivity contribution >= 4 is 23.8 Å². The van der Waals surface area contributed by atoms with Gasteiger partial charge < -0.3 is 29.0 Å². The molecule has 1 aliphatic carbocycles. The van der Waals surface area contributed by atoms with Crippen molar-refractivity contribution in [3.05, 3.63) is 18.0 Å². The molecular weight excluding hydrogens is 520 g/mol. The van der Waals surface area contributed by atoms with Gasteiger partial charge in [0.2, 0.25) is 6.79 Å². The third-order valence-electron chi connectivity index (χ3n) is 7.49. The predicted molar refractivity (Wildman–Crippen MR) is 143 cm³/mol.